The Kier molecular flexibility index (Phi) is 4.18. The standard InChI is InChI=1S/C14H15ClN2O4/c1-14(2,3)13-17-16-11(21-13)7-20-10-5-4-8(15)6-9(10)12(18)19/h4-6H,7H2,1-3H3,(H,18,19). The van der Waals surface area contributed by atoms with Crippen LogP contribution in [0.25, 0.3) is 0 Å². The smallest absolute Gasteiger partial charge is 0.339 e. The Morgan fingerprint density at radius 3 is 2.67 bits per heavy atom. The lowest BCUT2D eigenvalue weighted by Gasteiger charge is -2.11. The maximum atomic E-state index is 11.1. The number of hydrogen-bond acceptors (Lipinski definition) is 5. The van der Waals surface area contributed by atoms with Crippen molar-refractivity contribution in [3.8, 4) is 5.75 Å². The second-order valence-corrected chi connectivity index (χ2v) is 5.92. The van der Waals surface area contributed by atoms with Crippen molar-refractivity contribution < 1.29 is 19.1 Å². The fourth-order valence-electron chi connectivity index (χ4n) is 1.55. The van der Waals surface area contributed by atoms with Crippen LogP contribution in [0.2, 0.25) is 5.02 Å². The van der Waals surface area contributed by atoms with Gasteiger partial charge in [0.15, 0.2) is 6.61 Å². The van der Waals surface area contributed by atoms with Crippen molar-refractivity contribution >= 4 is 17.6 Å². The second-order valence-electron chi connectivity index (χ2n) is 5.49. The monoisotopic (exact) mass is 310 g/mol. The molecule has 0 fully saturated rings. The summed E-state index contributed by atoms with van der Waals surface area (Å²) < 4.78 is 10.9. The SMILES string of the molecule is CC(C)(C)c1nnc(COc2ccc(Cl)cc2C(=O)O)o1. The van der Waals surface area contributed by atoms with Crippen molar-refractivity contribution in [1.29, 1.82) is 0 Å². The molecule has 7 heteroatoms. The largest absolute Gasteiger partial charge is 0.483 e. The van der Waals surface area contributed by atoms with E-state index in [9.17, 15) is 4.79 Å². The molecule has 0 aliphatic heterocycles. The third kappa shape index (κ3) is 3.72. The minimum absolute atomic E-state index is 0.00894. The van der Waals surface area contributed by atoms with Crippen molar-refractivity contribution in [2.45, 2.75) is 32.8 Å². The zero-order valence-electron chi connectivity index (χ0n) is 11.9. The summed E-state index contributed by atoms with van der Waals surface area (Å²) in [6.07, 6.45) is 0. The molecular formula is C14H15ClN2O4. The lowest BCUT2D eigenvalue weighted by Crippen LogP contribution is -2.11. The lowest BCUT2D eigenvalue weighted by atomic mass is 9.97. The predicted octanol–water partition coefficient (Wildman–Crippen LogP) is 3.30. The van der Waals surface area contributed by atoms with E-state index in [1.807, 2.05) is 20.8 Å². The van der Waals surface area contributed by atoms with Gasteiger partial charge >= 0.3 is 5.97 Å². The molecule has 0 aliphatic rings. The Hall–Kier alpha value is -2.08. The normalized spacial score (nSPS) is 11.4. The molecule has 0 aliphatic carbocycles. The highest BCUT2D eigenvalue weighted by Crippen LogP contribution is 2.25. The van der Waals surface area contributed by atoms with Crippen LogP contribution in [0.5, 0.6) is 5.75 Å². The quantitative estimate of drug-likeness (QED) is 0.932. The molecule has 0 radical (unpaired) electrons. The first kappa shape index (κ1) is 15.3. The number of aromatic nitrogens is 2. The Morgan fingerprint density at radius 1 is 1.38 bits per heavy atom. The Morgan fingerprint density at radius 2 is 2.10 bits per heavy atom. The number of aromatic carboxylic acids is 1. The highest BCUT2D eigenvalue weighted by atomic mass is 35.5. The molecule has 0 bridgehead atoms. The molecule has 2 aromatic rings. The zero-order valence-corrected chi connectivity index (χ0v) is 12.6. The summed E-state index contributed by atoms with van der Waals surface area (Å²) in [5.74, 6) is -0.141. The number of rotatable bonds is 4. The van der Waals surface area contributed by atoms with Gasteiger partial charge in [-0.1, -0.05) is 32.4 Å². The van der Waals surface area contributed by atoms with E-state index in [-0.39, 0.29) is 29.2 Å². The first-order valence-electron chi connectivity index (χ1n) is 6.26. The van der Waals surface area contributed by atoms with E-state index in [0.29, 0.717) is 10.9 Å². The van der Waals surface area contributed by atoms with Crippen molar-refractivity contribution in [3.05, 3.63) is 40.6 Å². The molecule has 6 nitrogen and oxygen atoms in total. The fraction of sp³-hybridized carbons (Fsp3) is 0.357. The average molecular weight is 311 g/mol. The topological polar surface area (TPSA) is 85.5 Å². The van der Waals surface area contributed by atoms with Gasteiger partial charge in [-0.3, -0.25) is 0 Å². The van der Waals surface area contributed by atoms with E-state index in [1.165, 1.54) is 12.1 Å². The maximum Gasteiger partial charge on any atom is 0.339 e. The van der Waals surface area contributed by atoms with E-state index in [1.54, 1.807) is 6.07 Å². The highest BCUT2D eigenvalue weighted by Gasteiger charge is 2.21. The van der Waals surface area contributed by atoms with Crippen LogP contribution in [0.1, 0.15) is 42.9 Å². The van der Waals surface area contributed by atoms with E-state index < -0.39 is 5.97 Å². The van der Waals surface area contributed by atoms with Crippen LogP contribution in [0.3, 0.4) is 0 Å². The lowest BCUT2D eigenvalue weighted by molar-refractivity contribution is 0.0691. The van der Waals surface area contributed by atoms with Crippen molar-refractivity contribution in [1.82, 2.24) is 10.2 Å². The molecule has 2 rings (SSSR count). The molecule has 0 spiro atoms. The second kappa shape index (κ2) is 5.73. The molecule has 0 unspecified atom stereocenters. The Labute approximate surface area is 126 Å². The van der Waals surface area contributed by atoms with E-state index in [2.05, 4.69) is 10.2 Å². The van der Waals surface area contributed by atoms with Crippen LogP contribution in [-0.2, 0) is 12.0 Å². The van der Waals surface area contributed by atoms with Crippen molar-refractivity contribution in [2.75, 3.05) is 0 Å². The van der Waals surface area contributed by atoms with E-state index in [4.69, 9.17) is 25.9 Å². The molecule has 1 aromatic heterocycles. The van der Waals surface area contributed by atoms with E-state index in [0.717, 1.165) is 0 Å². The molecule has 0 saturated carbocycles. The number of hydrogen-bond donors (Lipinski definition) is 1. The van der Waals surface area contributed by atoms with Gasteiger partial charge in [-0.2, -0.15) is 0 Å². The number of halogens is 1. The highest BCUT2D eigenvalue weighted by molar-refractivity contribution is 6.31. The predicted molar refractivity (Wildman–Crippen MR) is 75.7 cm³/mol. The summed E-state index contributed by atoms with van der Waals surface area (Å²) in [6.45, 7) is 5.84. The number of nitrogens with zero attached hydrogens (tertiary/aromatic N) is 2. The summed E-state index contributed by atoms with van der Waals surface area (Å²) in [7, 11) is 0. The van der Waals surface area contributed by atoms with Crippen LogP contribution < -0.4 is 4.74 Å². The fourth-order valence-corrected chi connectivity index (χ4v) is 1.72. The maximum absolute atomic E-state index is 11.1. The third-order valence-electron chi connectivity index (χ3n) is 2.63. The summed E-state index contributed by atoms with van der Waals surface area (Å²) in [5, 5.41) is 17.2. The summed E-state index contributed by atoms with van der Waals surface area (Å²) in [4.78, 5) is 11.1. The van der Waals surface area contributed by atoms with Crippen LogP contribution in [0.4, 0.5) is 0 Å². The number of carboxylic acid groups (broad SMARTS) is 1. The van der Waals surface area contributed by atoms with Gasteiger partial charge in [0.05, 0.1) is 0 Å². The van der Waals surface area contributed by atoms with Gasteiger partial charge in [0.25, 0.3) is 5.89 Å². The van der Waals surface area contributed by atoms with Gasteiger partial charge in [0.2, 0.25) is 5.89 Å². The number of carboxylic acids is 1. The van der Waals surface area contributed by atoms with Gasteiger partial charge in [-0.05, 0) is 18.2 Å². The molecule has 1 heterocycles. The number of carbonyl (C=O) groups is 1. The van der Waals surface area contributed by atoms with Gasteiger partial charge in [-0.15, -0.1) is 10.2 Å². The molecule has 0 atom stereocenters. The average Bonchev–Trinajstić information content (AvgIpc) is 2.85. The summed E-state index contributed by atoms with van der Waals surface area (Å²) >= 11 is 5.77. The van der Waals surface area contributed by atoms with Gasteiger partial charge < -0.3 is 14.3 Å². The van der Waals surface area contributed by atoms with Crippen molar-refractivity contribution in [2.24, 2.45) is 0 Å². The Bertz CT molecular complexity index is 661. The third-order valence-corrected chi connectivity index (χ3v) is 2.87. The molecule has 21 heavy (non-hydrogen) atoms. The molecule has 112 valence electrons. The van der Waals surface area contributed by atoms with Gasteiger partial charge in [-0.25, -0.2) is 4.79 Å². The first-order chi connectivity index (χ1) is 9.77. The molecule has 1 N–H and O–H groups in total. The zero-order chi connectivity index (χ0) is 15.6. The molecule has 0 saturated heterocycles. The molecule has 0 amide bonds. The van der Waals surface area contributed by atoms with Crippen LogP contribution >= 0.6 is 11.6 Å². The van der Waals surface area contributed by atoms with Gasteiger partial charge in [0, 0.05) is 10.4 Å². The summed E-state index contributed by atoms with van der Waals surface area (Å²) in [5.41, 5.74) is -0.268. The van der Waals surface area contributed by atoms with Crippen molar-refractivity contribution in [3.63, 3.8) is 0 Å². The summed E-state index contributed by atoms with van der Waals surface area (Å²) in [6, 6.07) is 4.37. The molecular weight excluding hydrogens is 296 g/mol. The number of benzene rings is 1. The minimum Gasteiger partial charge on any atom is -0.483 e. The number of ether oxygens (including phenoxy) is 1. The Balaban J connectivity index is 2.13. The van der Waals surface area contributed by atoms with Crippen LogP contribution in [0, 0.1) is 0 Å². The van der Waals surface area contributed by atoms with Crippen LogP contribution in [-0.4, -0.2) is 21.3 Å². The minimum atomic E-state index is -1.12. The first-order valence-corrected chi connectivity index (χ1v) is 6.63. The van der Waals surface area contributed by atoms with Gasteiger partial charge in [0.1, 0.15) is 11.3 Å². The van der Waals surface area contributed by atoms with Crippen LogP contribution in [0.15, 0.2) is 22.6 Å². The molecule has 1 aromatic carbocycles. The van der Waals surface area contributed by atoms with E-state index >= 15 is 0 Å².